The van der Waals surface area contributed by atoms with E-state index in [4.69, 9.17) is 4.74 Å². The molecule has 1 rings (SSSR count). The van der Waals surface area contributed by atoms with E-state index in [1.54, 1.807) is 0 Å². The number of thioether (sulfide) groups is 1. The fraction of sp³-hybridized carbons (Fsp3) is 1.00. The Morgan fingerprint density at radius 2 is 2.27 bits per heavy atom. The molecule has 1 nitrogen and oxygen atoms in total. The van der Waals surface area contributed by atoms with Gasteiger partial charge in [-0.1, -0.05) is 13.8 Å². The first-order valence-corrected chi connectivity index (χ1v) is 5.38. The van der Waals surface area contributed by atoms with Crippen LogP contribution < -0.4 is 0 Å². The molecule has 0 N–H and O–H groups in total. The quantitative estimate of drug-likeness (QED) is 0.636. The third kappa shape index (κ3) is 3.04. The van der Waals surface area contributed by atoms with Gasteiger partial charge in [-0.05, 0) is 25.5 Å². The maximum Gasteiger partial charge on any atom is 0.0595 e. The summed E-state index contributed by atoms with van der Waals surface area (Å²) in [5, 5.41) is 0. The van der Waals surface area contributed by atoms with Crippen LogP contribution in [0.3, 0.4) is 0 Å². The lowest BCUT2D eigenvalue weighted by molar-refractivity contribution is 0.0467. The average molecular weight is 174 g/mol. The molecule has 0 bridgehead atoms. The van der Waals surface area contributed by atoms with Crippen LogP contribution in [0.4, 0.5) is 0 Å². The Balaban J connectivity index is 2.34. The van der Waals surface area contributed by atoms with Crippen molar-refractivity contribution in [3.05, 3.63) is 0 Å². The zero-order valence-electron chi connectivity index (χ0n) is 7.72. The molecule has 1 heterocycles. The van der Waals surface area contributed by atoms with Crippen molar-refractivity contribution in [2.24, 2.45) is 0 Å². The van der Waals surface area contributed by atoms with Crippen molar-refractivity contribution in [2.75, 3.05) is 12.4 Å². The molecule has 1 atom stereocenters. The van der Waals surface area contributed by atoms with Crippen molar-refractivity contribution in [1.82, 2.24) is 0 Å². The number of hydrogen-bond donors (Lipinski definition) is 0. The second kappa shape index (κ2) is 3.81. The molecule has 0 amide bonds. The zero-order valence-corrected chi connectivity index (χ0v) is 8.54. The second-order valence-corrected chi connectivity index (χ2v) is 5.48. The molecule has 0 aromatic rings. The molecule has 2 heteroatoms. The number of hydrogen-bond acceptors (Lipinski definition) is 2. The first-order valence-electron chi connectivity index (χ1n) is 4.39. The molecule has 1 aliphatic heterocycles. The molecule has 0 radical (unpaired) electrons. The van der Waals surface area contributed by atoms with E-state index in [0.717, 1.165) is 6.61 Å². The fourth-order valence-corrected chi connectivity index (χ4v) is 2.79. The van der Waals surface area contributed by atoms with Crippen LogP contribution in [-0.4, -0.2) is 23.2 Å². The standard InChI is InChI=1S/C9H18OS/c1-4-10-8-5-6-11-9(2,3)7-8/h8H,4-7H2,1-3H3. The molecule has 1 unspecified atom stereocenters. The lowest BCUT2D eigenvalue weighted by Crippen LogP contribution is -2.31. The highest BCUT2D eigenvalue weighted by Gasteiger charge is 2.28. The van der Waals surface area contributed by atoms with E-state index in [1.807, 2.05) is 0 Å². The summed E-state index contributed by atoms with van der Waals surface area (Å²) >= 11 is 2.07. The van der Waals surface area contributed by atoms with Crippen LogP contribution >= 0.6 is 11.8 Å². The minimum absolute atomic E-state index is 0.443. The van der Waals surface area contributed by atoms with Gasteiger partial charge in [-0.2, -0.15) is 11.8 Å². The Hall–Kier alpha value is 0.310. The third-order valence-electron chi connectivity index (χ3n) is 2.05. The molecule has 0 spiro atoms. The highest BCUT2D eigenvalue weighted by molar-refractivity contribution is 8.00. The van der Waals surface area contributed by atoms with Crippen molar-refractivity contribution in [2.45, 2.75) is 44.5 Å². The summed E-state index contributed by atoms with van der Waals surface area (Å²) in [6.45, 7) is 7.56. The van der Waals surface area contributed by atoms with E-state index < -0.39 is 0 Å². The van der Waals surface area contributed by atoms with E-state index in [-0.39, 0.29) is 0 Å². The summed E-state index contributed by atoms with van der Waals surface area (Å²) in [7, 11) is 0. The van der Waals surface area contributed by atoms with Crippen molar-refractivity contribution < 1.29 is 4.74 Å². The molecule has 66 valence electrons. The van der Waals surface area contributed by atoms with Gasteiger partial charge in [0.1, 0.15) is 0 Å². The predicted octanol–water partition coefficient (Wildman–Crippen LogP) is 2.70. The molecule has 1 saturated heterocycles. The van der Waals surface area contributed by atoms with Crippen LogP contribution in [0, 0.1) is 0 Å². The minimum Gasteiger partial charge on any atom is -0.378 e. The Labute approximate surface area is 73.9 Å². The summed E-state index contributed by atoms with van der Waals surface area (Å²) in [6, 6.07) is 0. The number of rotatable bonds is 2. The predicted molar refractivity (Wildman–Crippen MR) is 51.2 cm³/mol. The van der Waals surface area contributed by atoms with Gasteiger partial charge in [0.25, 0.3) is 0 Å². The van der Waals surface area contributed by atoms with Crippen LogP contribution in [0.2, 0.25) is 0 Å². The molecule has 0 saturated carbocycles. The Kier molecular flexibility index (Phi) is 3.26. The van der Waals surface area contributed by atoms with E-state index in [0.29, 0.717) is 10.9 Å². The van der Waals surface area contributed by atoms with Crippen LogP contribution in [0.5, 0.6) is 0 Å². The molecule has 0 aromatic carbocycles. The summed E-state index contributed by atoms with van der Waals surface area (Å²) in [6.07, 6.45) is 2.98. The fourth-order valence-electron chi connectivity index (χ4n) is 1.55. The zero-order chi connectivity index (χ0) is 8.32. The van der Waals surface area contributed by atoms with Gasteiger partial charge in [0, 0.05) is 11.4 Å². The van der Waals surface area contributed by atoms with Gasteiger partial charge in [-0.25, -0.2) is 0 Å². The normalized spacial score (nSPS) is 30.3. The van der Waals surface area contributed by atoms with Gasteiger partial charge in [-0.15, -0.1) is 0 Å². The van der Waals surface area contributed by atoms with Crippen LogP contribution in [0.15, 0.2) is 0 Å². The van der Waals surface area contributed by atoms with Gasteiger partial charge in [-0.3, -0.25) is 0 Å². The van der Waals surface area contributed by atoms with E-state index in [2.05, 4.69) is 32.5 Å². The summed E-state index contributed by atoms with van der Waals surface area (Å²) in [5.74, 6) is 1.26. The van der Waals surface area contributed by atoms with Crippen molar-refractivity contribution in [3.8, 4) is 0 Å². The molecule has 11 heavy (non-hydrogen) atoms. The molecule has 1 fully saturated rings. The van der Waals surface area contributed by atoms with Gasteiger partial charge < -0.3 is 4.74 Å². The van der Waals surface area contributed by atoms with Crippen LogP contribution in [0.25, 0.3) is 0 Å². The minimum atomic E-state index is 0.443. The summed E-state index contributed by atoms with van der Waals surface area (Å²) < 4.78 is 6.05. The van der Waals surface area contributed by atoms with Crippen LogP contribution in [0.1, 0.15) is 33.6 Å². The van der Waals surface area contributed by atoms with Crippen molar-refractivity contribution >= 4 is 11.8 Å². The molecular weight excluding hydrogens is 156 g/mol. The highest BCUT2D eigenvalue weighted by atomic mass is 32.2. The molecule has 0 aromatic heterocycles. The Bertz CT molecular complexity index is 121. The summed E-state index contributed by atoms with van der Waals surface area (Å²) in [5.41, 5.74) is 0. The van der Waals surface area contributed by atoms with Gasteiger partial charge in [0.05, 0.1) is 6.10 Å². The molecule has 0 aliphatic carbocycles. The van der Waals surface area contributed by atoms with E-state index in [9.17, 15) is 0 Å². The van der Waals surface area contributed by atoms with Crippen LogP contribution in [-0.2, 0) is 4.74 Å². The van der Waals surface area contributed by atoms with Crippen molar-refractivity contribution in [3.63, 3.8) is 0 Å². The molecular formula is C9H18OS. The SMILES string of the molecule is CCOC1CCSC(C)(C)C1. The Morgan fingerprint density at radius 1 is 1.55 bits per heavy atom. The lowest BCUT2D eigenvalue weighted by atomic mass is 10.0. The first-order chi connectivity index (χ1) is 5.14. The second-order valence-electron chi connectivity index (χ2n) is 3.68. The Morgan fingerprint density at radius 3 is 2.82 bits per heavy atom. The molecule has 1 aliphatic rings. The smallest absolute Gasteiger partial charge is 0.0595 e. The monoisotopic (exact) mass is 174 g/mol. The largest absolute Gasteiger partial charge is 0.378 e. The van der Waals surface area contributed by atoms with Gasteiger partial charge in [0.2, 0.25) is 0 Å². The van der Waals surface area contributed by atoms with E-state index >= 15 is 0 Å². The third-order valence-corrected chi connectivity index (χ3v) is 3.44. The highest BCUT2D eigenvalue weighted by Crippen LogP contribution is 2.36. The van der Waals surface area contributed by atoms with Gasteiger partial charge >= 0.3 is 0 Å². The first kappa shape index (κ1) is 9.40. The summed E-state index contributed by atoms with van der Waals surface area (Å²) in [4.78, 5) is 0. The van der Waals surface area contributed by atoms with Crippen molar-refractivity contribution in [1.29, 1.82) is 0 Å². The van der Waals surface area contributed by atoms with Gasteiger partial charge in [0.15, 0.2) is 0 Å². The number of ether oxygens (including phenoxy) is 1. The van der Waals surface area contributed by atoms with E-state index in [1.165, 1.54) is 18.6 Å². The maximum atomic E-state index is 5.61. The topological polar surface area (TPSA) is 9.23 Å². The lowest BCUT2D eigenvalue weighted by Gasteiger charge is -2.34. The maximum absolute atomic E-state index is 5.61. The average Bonchev–Trinajstić information content (AvgIpc) is 1.85.